The Bertz CT molecular complexity index is 1010. The maximum Gasteiger partial charge on any atom is 0.165 e. The summed E-state index contributed by atoms with van der Waals surface area (Å²) in [6.45, 7) is 0. The molecule has 1 aromatic carbocycles. The van der Waals surface area contributed by atoms with Crippen LogP contribution < -0.4 is 0 Å². The number of aromatic amines is 1. The molecule has 0 bridgehead atoms. The van der Waals surface area contributed by atoms with Gasteiger partial charge >= 0.3 is 0 Å². The Kier molecular flexibility index (Phi) is 3.68. The van der Waals surface area contributed by atoms with Crippen LogP contribution in [0.2, 0.25) is 5.02 Å². The van der Waals surface area contributed by atoms with Crippen LogP contribution in [0.1, 0.15) is 0 Å². The van der Waals surface area contributed by atoms with E-state index in [0.29, 0.717) is 24.7 Å². The highest BCUT2D eigenvalue weighted by Gasteiger charge is 2.15. The molecule has 4 nitrogen and oxygen atoms in total. The third-order valence-electron chi connectivity index (χ3n) is 3.34. The van der Waals surface area contributed by atoms with Crippen LogP contribution in [0.25, 0.3) is 33.3 Å². The summed E-state index contributed by atoms with van der Waals surface area (Å²) in [5.41, 5.74) is 2.55. The number of imidazole rings is 1. The molecule has 8 heteroatoms. The van der Waals surface area contributed by atoms with E-state index < -0.39 is 5.82 Å². The fourth-order valence-corrected chi connectivity index (χ4v) is 3.91. The van der Waals surface area contributed by atoms with E-state index in [2.05, 4.69) is 35.9 Å². The van der Waals surface area contributed by atoms with Crippen molar-refractivity contribution >= 4 is 46.5 Å². The normalized spacial score (nSPS) is 11.6. The molecule has 4 aromatic rings. The molecule has 1 atom stereocenters. The Morgan fingerprint density at radius 2 is 2.04 bits per heavy atom. The molecule has 0 aliphatic rings. The summed E-state index contributed by atoms with van der Waals surface area (Å²) in [6, 6.07) is 8.44. The average molecular weight is 410 g/mol. The highest BCUT2D eigenvalue weighted by Crippen LogP contribution is 2.35. The molecule has 114 valence electrons. The maximum atomic E-state index is 14.0. The summed E-state index contributed by atoms with van der Waals surface area (Å²) in [7, 11) is 0.379. The lowest BCUT2D eigenvalue weighted by molar-refractivity contribution is 0.630. The van der Waals surface area contributed by atoms with Crippen molar-refractivity contribution in [2.24, 2.45) is 0 Å². The zero-order valence-corrected chi connectivity index (χ0v) is 14.8. The molecule has 0 spiro atoms. The second-order valence-corrected chi connectivity index (χ2v) is 7.31. The molecule has 0 saturated heterocycles. The van der Waals surface area contributed by atoms with E-state index in [1.54, 1.807) is 18.3 Å². The first kappa shape index (κ1) is 14.8. The van der Waals surface area contributed by atoms with Crippen molar-refractivity contribution in [3.05, 3.63) is 52.0 Å². The van der Waals surface area contributed by atoms with Gasteiger partial charge in [-0.1, -0.05) is 25.9 Å². The zero-order valence-electron chi connectivity index (χ0n) is 11.4. The average Bonchev–Trinajstić information content (AvgIpc) is 3.13. The molecular weight excluding hydrogens is 402 g/mol. The Labute approximate surface area is 145 Å². The van der Waals surface area contributed by atoms with E-state index in [0.717, 1.165) is 20.8 Å². The van der Waals surface area contributed by atoms with Gasteiger partial charge < -0.3 is 4.98 Å². The molecule has 0 aliphatic carbocycles. The molecule has 0 amide bonds. The van der Waals surface area contributed by atoms with Crippen molar-refractivity contribution in [1.29, 1.82) is 0 Å². The summed E-state index contributed by atoms with van der Waals surface area (Å²) in [6.07, 6.45) is 1.64. The largest absolute Gasteiger partial charge is 0.336 e. The summed E-state index contributed by atoms with van der Waals surface area (Å²) in [5, 5.41) is 1.39. The summed E-state index contributed by atoms with van der Waals surface area (Å²) < 4.78 is 14.7. The number of aromatic nitrogens is 4. The van der Waals surface area contributed by atoms with Crippen LogP contribution in [-0.2, 0) is 0 Å². The molecule has 0 fully saturated rings. The minimum absolute atomic E-state index is 0.265. The Morgan fingerprint density at radius 1 is 1.17 bits per heavy atom. The predicted octanol–water partition coefficient (Wildman–Crippen LogP) is 5.27. The van der Waals surface area contributed by atoms with Crippen LogP contribution in [0.15, 0.2) is 41.1 Å². The van der Waals surface area contributed by atoms with Gasteiger partial charge in [-0.25, -0.2) is 19.3 Å². The molecule has 3 heterocycles. The lowest BCUT2D eigenvalue weighted by atomic mass is 10.2. The Morgan fingerprint density at radius 3 is 2.87 bits per heavy atom. The lowest BCUT2D eigenvalue weighted by Crippen LogP contribution is -1.87. The van der Waals surface area contributed by atoms with Crippen LogP contribution in [0.4, 0.5) is 4.39 Å². The molecule has 0 radical (unpaired) electrons. The van der Waals surface area contributed by atoms with Gasteiger partial charge in [-0.3, -0.25) is 0 Å². The van der Waals surface area contributed by atoms with Gasteiger partial charge in [0, 0.05) is 5.12 Å². The van der Waals surface area contributed by atoms with Gasteiger partial charge in [0.25, 0.3) is 0 Å². The van der Waals surface area contributed by atoms with Crippen LogP contribution >= 0.6 is 35.7 Å². The Balaban J connectivity index is 1.80. The number of pyridine rings is 1. The number of hydrogen-bond acceptors (Lipinski definition) is 3. The Hall–Kier alpha value is -1.75. The summed E-state index contributed by atoms with van der Waals surface area (Å²) >= 11 is 9.42. The van der Waals surface area contributed by atoms with Crippen LogP contribution in [0.5, 0.6) is 0 Å². The van der Waals surface area contributed by atoms with Gasteiger partial charge in [0.15, 0.2) is 5.65 Å². The minimum Gasteiger partial charge on any atom is -0.336 e. The number of fused-ring (bicyclic) bond motifs is 1. The molecule has 0 saturated carbocycles. The first-order chi connectivity index (χ1) is 11.1. The fourth-order valence-electron chi connectivity index (χ4n) is 2.29. The standard InChI is InChI=1S/C15H8BrClFN4P/c16-11-5-4-10-13(21-11)22-15(23-10)9-6-19-14(20-9)12-7(17)2-1-3-8(12)18/h1-6,23H,(H,19,20). The SMILES string of the molecule is Fc1cccc(Cl)c1-c1ncc(-c2nc3nc(Br)ccc3[pH]2)[nH]1. The van der Waals surface area contributed by atoms with E-state index in [1.807, 2.05) is 12.1 Å². The van der Waals surface area contributed by atoms with E-state index in [4.69, 9.17) is 11.6 Å². The van der Waals surface area contributed by atoms with Crippen molar-refractivity contribution < 1.29 is 4.39 Å². The second-order valence-electron chi connectivity index (χ2n) is 4.83. The third kappa shape index (κ3) is 2.67. The molecule has 23 heavy (non-hydrogen) atoms. The molecule has 4 rings (SSSR count). The third-order valence-corrected chi connectivity index (χ3v) is 5.38. The molecule has 1 N–H and O–H groups in total. The highest BCUT2D eigenvalue weighted by molar-refractivity contribution is 9.10. The summed E-state index contributed by atoms with van der Waals surface area (Å²) in [5.74, 6) is -0.0243. The molecule has 0 aliphatic heterocycles. The molecule has 3 aromatic heterocycles. The van der Waals surface area contributed by atoms with E-state index in [1.165, 1.54) is 6.07 Å². The number of nitrogens with one attached hydrogen (secondary N) is 1. The monoisotopic (exact) mass is 408 g/mol. The van der Waals surface area contributed by atoms with Crippen molar-refractivity contribution in [1.82, 2.24) is 19.9 Å². The number of H-pyrrole nitrogens is 1. The zero-order chi connectivity index (χ0) is 16.0. The van der Waals surface area contributed by atoms with Gasteiger partial charge in [-0.2, -0.15) is 0 Å². The highest BCUT2D eigenvalue weighted by atomic mass is 79.9. The molecular formula is C15H8BrClFN4P. The fraction of sp³-hybridized carbons (Fsp3) is 0. The van der Waals surface area contributed by atoms with E-state index in [-0.39, 0.29) is 5.56 Å². The first-order valence-corrected chi connectivity index (χ1v) is 8.81. The minimum atomic E-state index is -0.414. The molecule has 1 unspecified atom stereocenters. The van der Waals surface area contributed by atoms with Gasteiger partial charge in [0.2, 0.25) is 0 Å². The van der Waals surface area contributed by atoms with Crippen LogP contribution in [0, 0.1) is 5.82 Å². The van der Waals surface area contributed by atoms with Crippen molar-refractivity contribution in [2.75, 3.05) is 0 Å². The van der Waals surface area contributed by atoms with E-state index >= 15 is 0 Å². The van der Waals surface area contributed by atoms with Gasteiger partial charge in [-0.05, 0) is 40.2 Å². The van der Waals surface area contributed by atoms with Crippen LogP contribution in [0.3, 0.4) is 0 Å². The van der Waals surface area contributed by atoms with Gasteiger partial charge in [0.1, 0.15) is 21.7 Å². The first-order valence-electron chi connectivity index (χ1n) is 6.64. The quantitative estimate of drug-likeness (QED) is 0.459. The number of hydrogen-bond donors (Lipinski definition) is 1. The topological polar surface area (TPSA) is 54.5 Å². The maximum absolute atomic E-state index is 14.0. The van der Waals surface area contributed by atoms with Crippen LogP contribution in [-0.4, -0.2) is 19.9 Å². The predicted molar refractivity (Wildman–Crippen MR) is 94.7 cm³/mol. The smallest absolute Gasteiger partial charge is 0.165 e. The lowest BCUT2D eigenvalue weighted by Gasteiger charge is -2.01. The van der Waals surface area contributed by atoms with Crippen molar-refractivity contribution in [2.45, 2.75) is 0 Å². The van der Waals surface area contributed by atoms with Crippen molar-refractivity contribution in [3.63, 3.8) is 0 Å². The number of rotatable bonds is 2. The second kappa shape index (κ2) is 5.71. The van der Waals surface area contributed by atoms with Gasteiger partial charge in [0.05, 0.1) is 22.5 Å². The van der Waals surface area contributed by atoms with E-state index in [9.17, 15) is 4.39 Å². The number of halogens is 3. The van der Waals surface area contributed by atoms with Gasteiger partial charge in [-0.15, -0.1) is 0 Å². The number of nitrogens with zero attached hydrogens (tertiary/aromatic N) is 3. The summed E-state index contributed by atoms with van der Waals surface area (Å²) in [4.78, 5) is 16.2. The van der Waals surface area contributed by atoms with Crippen molar-refractivity contribution in [3.8, 4) is 22.5 Å². The number of benzene rings is 1.